The Bertz CT molecular complexity index is 1390. The molecular formula is C30H25N3O2. The Morgan fingerprint density at radius 3 is 1.91 bits per heavy atom. The fraction of sp³-hybridized carbons (Fsp3) is 0.0333. The minimum absolute atomic E-state index is 0.0477. The van der Waals surface area contributed by atoms with Gasteiger partial charge < -0.3 is 15.5 Å². The Kier molecular flexibility index (Phi) is 6.02. The molecule has 0 spiro atoms. The first kappa shape index (κ1) is 22.3. The Hall–Kier alpha value is -4.45. The highest BCUT2D eigenvalue weighted by Crippen LogP contribution is 2.43. The van der Waals surface area contributed by atoms with Crippen molar-refractivity contribution in [2.24, 2.45) is 0 Å². The van der Waals surface area contributed by atoms with Crippen molar-refractivity contribution in [1.82, 2.24) is 9.63 Å². The molecule has 0 fully saturated rings. The van der Waals surface area contributed by atoms with Gasteiger partial charge in [0.05, 0.1) is 5.69 Å². The van der Waals surface area contributed by atoms with Crippen LogP contribution in [0.4, 0.5) is 28.4 Å². The van der Waals surface area contributed by atoms with Crippen molar-refractivity contribution < 1.29 is 4.79 Å². The van der Waals surface area contributed by atoms with Gasteiger partial charge in [-0.15, -0.1) is 0 Å². The number of carbonyl (C=O) groups excluding carboxylic acids is 1. The smallest absolute Gasteiger partial charge is 0.209 e. The molecule has 5 rings (SSSR count). The Balaban J connectivity index is 1.43. The summed E-state index contributed by atoms with van der Waals surface area (Å²) in [5.74, 6) is -0.0477. The van der Waals surface area contributed by atoms with E-state index in [9.17, 15) is 10.0 Å². The van der Waals surface area contributed by atoms with Crippen LogP contribution in [0.25, 0.3) is 0 Å². The zero-order valence-electron chi connectivity index (χ0n) is 19.3. The Morgan fingerprint density at radius 1 is 0.743 bits per heavy atom. The van der Waals surface area contributed by atoms with Gasteiger partial charge >= 0.3 is 0 Å². The van der Waals surface area contributed by atoms with E-state index in [4.69, 9.17) is 0 Å². The number of nitrogens with zero attached hydrogens (tertiary/aromatic N) is 1. The fourth-order valence-corrected chi connectivity index (χ4v) is 4.19. The Labute approximate surface area is 204 Å². The molecule has 2 N–H and O–H groups in total. The van der Waals surface area contributed by atoms with Crippen molar-refractivity contribution in [3.05, 3.63) is 143 Å². The number of ketones is 1. The molecule has 0 unspecified atom stereocenters. The van der Waals surface area contributed by atoms with Gasteiger partial charge in [-0.3, -0.25) is 9.44 Å². The van der Waals surface area contributed by atoms with E-state index in [2.05, 4.69) is 10.3 Å². The van der Waals surface area contributed by atoms with Crippen LogP contribution >= 0.6 is 0 Å². The van der Waals surface area contributed by atoms with Crippen LogP contribution in [0.5, 0.6) is 0 Å². The molecule has 4 aromatic carbocycles. The first-order valence-corrected chi connectivity index (χ1v) is 11.4. The van der Waals surface area contributed by atoms with Gasteiger partial charge in [0, 0.05) is 59.5 Å². The summed E-state index contributed by atoms with van der Waals surface area (Å²) in [4.78, 5) is 15.5. The van der Waals surface area contributed by atoms with Crippen LogP contribution in [0.15, 0.2) is 121 Å². The van der Waals surface area contributed by atoms with E-state index >= 15 is 0 Å². The third-order valence-corrected chi connectivity index (χ3v) is 6.08. The van der Waals surface area contributed by atoms with E-state index in [0.29, 0.717) is 28.3 Å². The molecule has 5 aromatic rings. The van der Waals surface area contributed by atoms with E-state index in [1.807, 2.05) is 97.9 Å². The van der Waals surface area contributed by atoms with Gasteiger partial charge in [0.15, 0.2) is 0 Å². The van der Waals surface area contributed by atoms with Crippen molar-refractivity contribution >= 4 is 34.2 Å². The van der Waals surface area contributed by atoms with Gasteiger partial charge in [0.25, 0.3) is 0 Å². The molecule has 0 radical (unpaired) electrons. The number of H-pyrrole nitrogens is 1. The Morgan fingerprint density at radius 2 is 1.37 bits per heavy atom. The molecule has 5 heteroatoms. The molecule has 0 saturated heterocycles. The second kappa shape index (κ2) is 9.43. The second-order valence-electron chi connectivity index (χ2n) is 8.39. The standard InChI is InChI=1S/C30H25N3O2/c1-22-21-27(33(35,25-9-4-2-5-10-25)26-11-6-3-7-12-26)18-19-28(22)32-24-16-14-23(15-17-24)30(34)29-13-8-20-31-29/h2-21,31-32H,1H3. The maximum Gasteiger partial charge on any atom is 0.209 e. The number of aromatic amines is 1. The number of nitrogens with one attached hydrogen (secondary N) is 2. The van der Waals surface area contributed by atoms with Crippen molar-refractivity contribution in [2.75, 3.05) is 5.32 Å². The first-order valence-electron chi connectivity index (χ1n) is 11.4. The minimum atomic E-state index is -0.682. The van der Waals surface area contributed by atoms with Crippen LogP contribution in [-0.2, 0) is 0 Å². The van der Waals surface area contributed by atoms with Crippen LogP contribution in [-0.4, -0.2) is 10.8 Å². The largest absolute Gasteiger partial charge is 0.616 e. The van der Waals surface area contributed by atoms with Gasteiger partial charge in [0.1, 0.15) is 17.1 Å². The SMILES string of the molecule is Cc1cc([N+]([O-])(c2ccccc2)c2ccccc2)ccc1Nc1ccc(C(=O)c2ccc[nH]2)cc1. The number of hydrogen-bond donors (Lipinski definition) is 2. The van der Waals surface area contributed by atoms with Crippen molar-refractivity contribution in [2.45, 2.75) is 6.92 Å². The van der Waals surface area contributed by atoms with Gasteiger partial charge in [0.2, 0.25) is 5.78 Å². The summed E-state index contributed by atoms with van der Waals surface area (Å²) in [5.41, 5.74) is 5.78. The molecule has 0 aliphatic carbocycles. The topological polar surface area (TPSA) is 67.9 Å². The zero-order chi connectivity index (χ0) is 24.3. The number of aryl methyl sites for hydroxylation is 1. The van der Waals surface area contributed by atoms with Crippen molar-refractivity contribution in [3.63, 3.8) is 0 Å². The van der Waals surface area contributed by atoms with E-state index < -0.39 is 4.65 Å². The maximum atomic E-state index is 14.4. The molecule has 172 valence electrons. The highest BCUT2D eigenvalue weighted by Gasteiger charge is 2.27. The summed E-state index contributed by atoms with van der Waals surface area (Å²) in [6.45, 7) is 1.98. The molecule has 1 aromatic heterocycles. The lowest BCUT2D eigenvalue weighted by atomic mass is 10.1. The van der Waals surface area contributed by atoms with E-state index in [0.717, 1.165) is 16.9 Å². The van der Waals surface area contributed by atoms with E-state index in [1.165, 1.54) is 0 Å². The number of quaternary nitrogens is 1. The quantitative estimate of drug-likeness (QED) is 0.148. The number of rotatable bonds is 7. The zero-order valence-corrected chi connectivity index (χ0v) is 19.3. The van der Waals surface area contributed by atoms with Gasteiger partial charge in [-0.2, -0.15) is 0 Å². The lowest BCUT2D eigenvalue weighted by molar-refractivity contribution is 0.103. The number of benzene rings is 4. The number of aromatic nitrogens is 1. The first-order chi connectivity index (χ1) is 17.1. The molecule has 35 heavy (non-hydrogen) atoms. The molecule has 0 saturated carbocycles. The third-order valence-electron chi connectivity index (χ3n) is 6.08. The van der Waals surface area contributed by atoms with Crippen LogP contribution in [0.1, 0.15) is 21.6 Å². The highest BCUT2D eigenvalue weighted by molar-refractivity contribution is 6.07. The molecule has 0 aliphatic rings. The van der Waals surface area contributed by atoms with Gasteiger partial charge in [-0.05, 0) is 55.0 Å². The average molecular weight is 460 g/mol. The highest BCUT2D eigenvalue weighted by atomic mass is 16.5. The predicted molar refractivity (Wildman–Crippen MR) is 142 cm³/mol. The lowest BCUT2D eigenvalue weighted by Gasteiger charge is -2.41. The van der Waals surface area contributed by atoms with Crippen LogP contribution in [0, 0.1) is 12.1 Å². The van der Waals surface area contributed by atoms with Crippen LogP contribution in [0.3, 0.4) is 0 Å². The molecular weight excluding hydrogens is 434 g/mol. The molecule has 0 atom stereocenters. The second-order valence-corrected chi connectivity index (χ2v) is 8.39. The average Bonchev–Trinajstić information content (AvgIpc) is 3.46. The monoisotopic (exact) mass is 459 g/mol. The molecule has 5 nitrogen and oxygen atoms in total. The van der Waals surface area contributed by atoms with Gasteiger partial charge in [-0.1, -0.05) is 36.4 Å². The molecule has 0 bridgehead atoms. The molecule has 1 heterocycles. The maximum absolute atomic E-state index is 14.4. The molecule has 0 aliphatic heterocycles. The normalized spacial score (nSPS) is 11.3. The predicted octanol–water partition coefficient (Wildman–Crippen LogP) is 7.77. The van der Waals surface area contributed by atoms with Gasteiger partial charge in [-0.25, -0.2) is 0 Å². The number of carbonyl (C=O) groups is 1. The fourth-order valence-electron chi connectivity index (χ4n) is 4.19. The van der Waals surface area contributed by atoms with E-state index in [-0.39, 0.29) is 5.78 Å². The minimum Gasteiger partial charge on any atom is -0.616 e. The summed E-state index contributed by atoms with van der Waals surface area (Å²) in [6, 6.07) is 35.5. The number of para-hydroxylation sites is 2. The van der Waals surface area contributed by atoms with Crippen molar-refractivity contribution in [1.29, 1.82) is 0 Å². The third kappa shape index (κ3) is 4.38. The summed E-state index contributed by atoms with van der Waals surface area (Å²) >= 11 is 0. The summed E-state index contributed by atoms with van der Waals surface area (Å²) in [6.07, 6.45) is 1.74. The molecule has 0 amide bonds. The summed E-state index contributed by atoms with van der Waals surface area (Å²) in [7, 11) is 0. The van der Waals surface area contributed by atoms with Crippen LogP contribution in [0.2, 0.25) is 0 Å². The van der Waals surface area contributed by atoms with Crippen LogP contribution < -0.4 is 9.96 Å². The van der Waals surface area contributed by atoms with E-state index in [1.54, 1.807) is 30.5 Å². The number of anilines is 2. The number of hydrogen-bond acceptors (Lipinski definition) is 3. The lowest BCUT2D eigenvalue weighted by Crippen LogP contribution is -2.31. The summed E-state index contributed by atoms with van der Waals surface area (Å²) < 4.78 is -0.682. The summed E-state index contributed by atoms with van der Waals surface area (Å²) in [5, 5.41) is 17.8. The van der Waals surface area contributed by atoms with Crippen molar-refractivity contribution in [3.8, 4) is 0 Å².